The summed E-state index contributed by atoms with van der Waals surface area (Å²) in [5.74, 6) is 1.89. The molecule has 1 unspecified atom stereocenters. The number of aromatic nitrogens is 3. The second kappa shape index (κ2) is 8.22. The average molecular weight is 430 g/mol. The Morgan fingerprint density at radius 1 is 1.13 bits per heavy atom. The molecule has 2 aliphatic rings. The Bertz CT molecular complexity index is 919. The van der Waals surface area contributed by atoms with Crippen molar-refractivity contribution in [2.75, 3.05) is 13.1 Å². The number of ether oxygens (including phenoxy) is 1. The first kappa shape index (κ1) is 21.7. The predicted molar refractivity (Wildman–Crippen MR) is 115 cm³/mol. The van der Waals surface area contributed by atoms with Crippen LogP contribution in [0.4, 0.5) is 9.18 Å². The number of carbonyl (C=O) groups excluding carboxylic acids is 1. The van der Waals surface area contributed by atoms with Gasteiger partial charge in [-0.3, -0.25) is 4.90 Å². The smallest absolute Gasteiger partial charge is 0.410 e. The van der Waals surface area contributed by atoms with Crippen molar-refractivity contribution in [3.05, 3.63) is 47.3 Å². The van der Waals surface area contributed by atoms with Crippen LogP contribution in [0.5, 0.6) is 0 Å². The standard InChI is InChI=1S/C23H32FN5O2/c1-14-13-29(22(30)31-23(3,4)5)15(2)12-28(14)19(16-8-10-18(24)11-9-16)21-25-20(26-27-21)17-6-7-17/h8-11,14-15,17,19H,6-7,12-13H2,1-5H3,(H,25,26,27)/t14-,15-,19?/m0/s1. The van der Waals surface area contributed by atoms with Crippen LogP contribution < -0.4 is 0 Å². The zero-order chi connectivity index (χ0) is 22.3. The van der Waals surface area contributed by atoms with Crippen molar-refractivity contribution in [2.24, 2.45) is 0 Å². The van der Waals surface area contributed by atoms with Crippen molar-refractivity contribution in [2.45, 2.75) is 77.1 Å². The molecule has 3 atom stereocenters. The maximum atomic E-state index is 13.6. The number of carbonyl (C=O) groups is 1. The fourth-order valence-electron chi connectivity index (χ4n) is 4.19. The monoisotopic (exact) mass is 429 g/mol. The number of aromatic amines is 1. The van der Waals surface area contributed by atoms with Crippen molar-refractivity contribution in [1.82, 2.24) is 25.0 Å². The van der Waals surface area contributed by atoms with Gasteiger partial charge in [-0.2, -0.15) is 0 Å². The van der Waals surface area contributed by atoms with Crippen LogP contribution in [0.25, 0.3) is 0 Å². The first-order valence-electron chi connectivity index (χ1n) is 11.1. The quantitative estimate of drug-likeness (QED) is 0.787. The van der Waals surface area contributed by atoms with Gasteiger partial charge in [-0.1, -0.05) is 12.1 Å². The number of benzene rings is 1. The van der Waals surface area contributed by atoms with E-state index < -0.39 is 5.60 Å². The summed E-state index contributed by atoms with van der Waals surface area (Å²) in [7, 11) is 0. The highest BCUT2D eigenvalue weighted by Gasteiger charge is 2.40. The Morgan fingerprint density at radius 2 is 1.81 bits per heavy atom. The number of nitrogens with zero attached hydrogens (tertiary/aromatic N) is 4. The van der Waals surface area contributed by atoms with E-state index in [2.05, 4.69) is 27.0 Å². The zero-order valence-electron chi connectivity index (χ0n) is 18.9. The number of rotatable bonds is 4. The Labute approximate surface area is 183 Å². The molecule has 2 fully saturated rings. The van der Waals surface area contributed by atoms with Gasteiger partial charge in [0, 0.05) is 31.1 Å². The SMILES string of the molecule is C[C@H]1CN(C(c2ccc(F)cc2)c2nnc(C3CC3)[nH]2)[C@@H](C)CN1C(=O)OC(C)(C)C. The molecule has 7 nitrogen and oxygen atoms in total. The topological polar surface area (TPSA) is 74.4 Å². The third-order valence-corrected chi connectivity index (χ3v) is 5.92. The van der Waals surface area contributed by atoms with Gasteiger partial charge in [0.15, 0.2) is 5.82 Å². The van der Waals surface area contributed by atoms with E-state index >= 15 is 0 Å². The lowest BCUT2D eigenvalue weighted by Crippen LogP contribution is -2.59. The van der Waals surface area contributed by atoms with Crippen molar-refractivity contribution in [3.8, 4) is 0 Å². The third-order valence-electron chi connectivity index (χ3n) is 5.92. The molecule has 168 valence electrons. The second-order valence-electron chi connectivity index (χ2n) is 9.85. The molecular weight excluding hydrogens is 397 g/mol. The fourth-order valence-corrected chi connectivity index (χ4v) is 4.19. The highest BCUT2D eigenvalue weighted by Crippen LogP contribution is 2.39. The lowest BCUT2D eigenvalue weighted by atomic mass is 9.99. The summed E-state index contributed by atoms with van der Waals surface area (Å²) in [6.07, 6.45) is 1.98. The van der Waals surface area contributed by atoms with Gasteiger partial charge >= 0.3 is 6.09 Å². The Hall–Kier alpha value is -2.48. The van der Waals surface area contributed by atoms with E-state index in [-0.39, 0.29) is 30.0 Å². The van der Waals surface area contributed by atoms with Crippen LogP contribution in [-0.2, 0) is 4.74 Å². The number of nitrogens with one attached hydrogen (secondary N) is 1. The van der Waals surface area contributed by atoms with Crippen LogP contribution in [0.1, 0.15) is 76.6 Å². The lowest BCUT2D eigenvalue weighted by molar-refractivity contribution is -0.0170. The zero-order valence-corrected chi connectivity index (χ0v) is 18.9. The Kier molecular flexibility index (Phi) is 5.77. The molecule has 1 aliphatic carbocycles. The van der Waals surface area contributed by atoms with E-state index in [1.165, 1.54) is 12.1 Å². The van der Waals surface area contributed by atoms with Gasteiger partial charge < -0.3 is 14.6 Å². The first-order chi connectivity index (χ1) is 14.6. The summed E-state index contributed by atoms with van der Waals surface area (Å²) in [5, 5.41) is 8.84. The molecule has 8 heteroatoms. The molecule has 1 saturated heterocycles. The van der Waals surface area contributed by atoms with E-state index in [1.807, 2.05) is 27.7 Å². The Balaban J connectivity index is 1.60. The summed E-state index contributed by atoms with van der Waals surface area (Å²) in [6, 6.07) is 6.37. The molecule has 2 aromatic rings. The maximum absolute atomic E-state index is 13.6. The molecule has 1 aromatic heterocycles. The highest BCUT2D eigenvalue weighted by atomic mass is 19.1. The van der Waals surface area contributed by atoms with Gasteiger partial charge in [0.2, 0.25) is 0 Å². The summed E-state index contributed by atoms with van der Waals surface area (Å²) in [5.41, 5.74) is 0.414. The van der Waals surface area contributed by atoms with Crippen LogP contribution in [0.3, 0.4) is 0 Å². The number of H-pyrrole nitrogens is 1. The largest absolute Gasteiger partial charge is 0.444 e. The number of halogens is 1. The minimum absolute atomic E-state index is 0.0418. The molecule has 2 heterocycles. The van der Waals surface area contributed by atoms with Crippen molar-refractivity contribution < 1.29 is 13.9 Å². The van der Waals surface area contributed by atoms with E-state index in [0.29, 0.717) is 19.0 Å². The summed E-state index contributed by atoms with van der Waals surface area (Å²) < 4.78 is 19.2. The molecule has 1 aliphatic heterocycles. The second-order valence-corrected chi connectivity index (χ2v) is 9.85. The van der Waals surface area contributed by atoms with Crippen molar-refractivity contribution in [1.29, 1.82) is 0 Å². The van der Waals surface area contributed by atoms with Crippen LogP contribution in [0.2, 0.25) is 0 Å². The maximum Gasteiger partial charge on any atom is 0.410 e. The molecule has 0 radical (unpaired) electrons. The van der Waals surface area contributed by atoms with Crippen LogP contribution >= 0.6 is 0 Å². The third kappa shape index (κ3) is 4.89. The predicted octanol–water partition coefficient (Wildman–Crippen LogP) is 4.24. The van der Waals surface area contributed by atoms with E-state index in [9.17, 15) is 9.18 Å². The Morgan fingerprint density at radius 3 is 2.42 bits per heavy atom. The minimum atomic E-state index is -0.535. The van der Waals surface area contributed by atoms with Gasteiger partial charge in [-0.15, -0.1) is 10.2 Å². The first-order valence-corrected chi connectivity index (χ1v) is 11.1. The van der Waals surface area contributed by atoms with Crippen LogP contribution in [-0.4, -0.2) is 61.8 Å². The van der Waals surface area contributed by atoms with Gasteiger partial charge in [0.25, 0.3) is 0 Å². The molecule has 31 heavy (non-hydrogen) atoms. The van der Waals surface area contributed by atoms with Crippen LogP contribution in [0.15, 0.2) is 24.3 Å². The van der Waals surface area contributed by atoms with Gasteiger partial charge in [-0.25, -0.2) is 9.18 Å². The highest BCUT2D eigenvalue weighted by molar-refractivity contribution is 5.68. The summed E-state index contributed by atoms with van der Waals surface area (Å²) in [6.45, 7) is 10.9. The molecule has 0 bridgehead atoms. The molecule has 1 N–H and O–H groups in total. The number of amides is 1. The normalized spacial score (nSPS) is 23.6. The molecule has 0 spiro atoms. The van der Waals surface area contributed by atoms with Crippen molar-refractivity contribution >= 4 is 6.09 Å². The van der Waals surface area contributed by atoms with E-state index in [4.69, 9.17) is 4.74 Å². The lowest BCUT2D eigenvalue weighted by Gasteiger charge is -2.46. The van der Waals surface area contributed by atoms with Gasteiger partial charge in [0.05, 0.1) is 6.04 Å². The average Bonchev–Trinajstić information content (AvgIpc) is 3.43. The molecule has 1 aromatic carbocycles. The van der Waals surface area contributed by atoms with Gasteiger partial charge in [0.1, 0.15) is 17.2 Å². The summed E-state index contributed by atoms with van der Waals surface area (Å²) in [4.78, 5) is 20.3. The molecule has 4 rings (SSSR count). The van der Waals surface area contributed by atoms with Crippen LogP contribution in [0, 0.1) is 5.82 Å². The number of hydrogen-bond donors (Lipinski definition) is 1. The van der Waals surface area contributed by atoms with E-state index in [1.54, 1.807) is 17.0 Å². The molecule has 1 amide bonds. The van der Waals surface area contributed by atoms with Gasteiger partial charge in [-0.05, 0) is 65.2 Å². The van der Waals surface area contributed by atoms with Crippen molar-refractivity contribution in [3.63, 3.8) is 0 Å². The fraction of sp³-hybridized carbons (Fsp3) is 0.609. The minimum Gasteiger partial charge on any atom is -0.444 e. The number of piperazine rings is 1. The number of hydrogen-bond acceptors (Lipinski definition) is 5. The molecular formula is C23H32FN5O2. The summed E-state index contributed by atoms with van der Waals surface area (Å²) >= 11 is 0. The molecule has 1 saturated carbocycles. The van der Waals surface area contributed by atoms with E-state index in [0.717, 1.165) is 30.1 Å².